The van der Waals surface area contributed by atoms with E-state index in [1.54, 1.807) is 23.5 Å². The number of aliphatic carboxylic acids is 1. The van der Waals surface area contributed by atoms with Crippen molar-refractivity contribution in [1.82, 2.24) is 9.97 Å². The van der Waals surface area contributed by atoms with E-state index in [0.717, 1.165) is 16.6 Å². The lowest BCUT2D eigenvalue weighted by Gasteiger charge is -2.15. The Morgan fingerprint density at radius 2 is 2.09 bits per heavy atom. The second kappa shape index (κ2) is 6.11. The molecule has 1 aromatic carbocycles. The zero-order valence-electron chi connectivity index (χ0n) is 12.0. The number of aryl methyl sites for hydroxylation is 1. The molecule has 3 aromatic rings. The number of carboxylic acids is 1. The molecule has 0 saturated carbocycles. The predicted octanol–water partition coefficient (Wildman–Crippen LogP) is 3.49. The maximum absolute atomic E-state index is 11.6. The van der Waals surface area contributed by atoms with E-state index >= 15 is 0 Å². The lowest BCUT2D eigenvalue weighted by Crippen LogP contribution is -2.21. The molecule has 0 aliphatic carbocycles. The van der Waals surface area contributed by atoms with Gasteiger partial charge < -0.3 is 10.4 Å². The average Bonchev–Trinajstić information content (AvgIpc) is 2.97. The minimum atomic E-state index is -0.941. The normalized spacial score (nSPS) is 12.2. The summed E-state index contributed by atoms with van der Waals surface area (Å²) in [6.45, 7) is 2.08. The Morgan fingerprint density at radius 3 is 2.77 bits per heavy atom. The van der Waals surface area contributed by atoms with Crippen molar-refractivity contribution in [3.8, 4) is 0 Å². The van der Waals surface area contributed by atoms with Crippen LogP contribution in [0.25, 0.3) is 10.2 Å². The van der Waals surface area contributed by atoms with Crippen LogP contribution in [0.3, 0.4) is 0 Å². The number of aromatic nitrogens is 2. The first-order valence-corrected chi connectivity index (χ1v) is 7.78. The molecule has 1 atom stereocenters. The van der Waals surface area contributed by atoms with E-state index in [2.05, 4.69) is 22.2 Å². The van der Waals surface area contributed by atoms with Crippen LogP contribution in [0.2, 0.25) is 0 Å². The SMILES string of the molecule is CCc1cc2c(NC(C(=O)O)c3ccccc3)ncnc2s1. The number of fused-ring (bicyclic) bond motifs is 1. The van der Waals surface area contributed by atoms with Crippen molar-refractivity contribution in [2.45, 2.75) is 19.4 Å². The van der Waals surface area contributed by atoms with Gasteiger partial charge in [0.15, 0.2) is 6.04 Å². The van der Waals surface area contributed by atoms with Crippen molar-refractivity contribution >= 4 is 33.3 Å². The summed E-state index contributed by atoms with van der Waals surface area (Å²) in [6, 6.07) is 10.3. The van der Waals surface area contributed by atoms with Crippen LogP contribution in [-0.2, 0) is 11.2 Å². The Kier molecular flexibility index (Phi) is 4.02. The van der Waals surface area contributed by atoms with Gasteiger partial charge in [0.2, 0.25) is 0 Å². The van der Waals surface area contributed by atoms with Gasteiger partial charge in [-0.05, 0) is 18.1 Å². The number of carbonyl (C=O) groups is 1. The first kappa shape index (κ1) is 14.5. The molecule has 5 nitrogen and oxygen atoms in total. The third kappa shape index (κ3) is 2.78. The molecule has 0 spiro atoms. The van der Waals surface area contributed by atoms with Gasteiger partial charge in [0.05, 0.1) is 5.39 Å². The summed E-state index contributed by atoms with van der Waals surface area (Å²) in [6.07, 6.45) is 2.38. The Hall–Kier alpha value is -2.47. The molecule has 2 N–H and O–H groups in total. The van der Waals surface area contributed by atoms with Gasteiger partial charge in [0.25, 0.3) is 0 Å². The molecule has 112 valence electrons. The standard InChI is InChI=1S/C16H15N3O2S/c1-2-11-8-12-14(17-9-18-15(12)22-11)19-13(16(20)21)10-6-4-3-5-7-10/h3-9,13H,2H2,1H3,(H,20,21)(H,17,18,19). The number of hydrogen-bond acceptors (Lipinski definition) is 5. The van der Waals surface area contributed by atoms with Gasteiger partial charge >= 0.3 is 5.97 Å². The number of hydrogen-bond donors (Lipinski definition) is 2. The van der Waals surface area contributed by atoms with Crippen LogP contribution in [0.15, 0.2) is 42.7 Å². The summed E-state index contributed by atoms with van der Waals surface area (Å²) in [7, 11) is 0. The smallest absolute Gasteiger partial charge is 0.330 e. The number of nitrogens with zero attached hydrogens (tertiary/aromatic N) is 2. The van der Waals surface area contributed by atoms with Gasteiger partial charge in [-0.25, -0.2) is 14.8 Å². The molecule has 0 saturated heterocycles. The summed E-state index contributed by atoms with van der Waals surface area (Å²) in [5.41, 5.74) is 0.688. The van der Waals surface area contributed by atoms with Crippen molar-refractivity contribution < 1.29 is 9.90 Å². The average molecular weight is 313 g/mol. The van der Waals surface area contributed by atoms with E-state index in [9.17, 15) is 9.90 Å². The van der Waals surface area contributed by atoms with E-state index in [1.165, 1.54) is 11.2 Å². The topological polar surface area (TPSA) is 75.1 Å². The van der Waals surface area contributed by atoms with Crippen LogP contribution in [0.1, 0.15) is 23.4 Å². The molecule has 3 rings (SSSR count). The second-order valence-electron chi connectivity index (χ2n) is 4.83. The van der Waals surface area contributed by atoms with Crippen LogP contribution >= 0.6 is 11.3 Å². The van der Waals surface area contributed by atoms with Gasteiger partial charge in [-0.3, -0.25) is 0 Å². The number of rotatable bonds is 5. The quantitative estimate of drug-likeness (QED) is 0.754. The van der Waals surface area contributed by atoms with E-state index in [1.807, 2.05) is 24.3 Å². The lowest BCUT2D eigenvalue weighted by atomic mass is 10.1. The fraction of sp³-hybridized carbons (Fsp3) is 0.188. The maximum Gasteiger partial charge on any atom is 0.330 e. The van der Waals surface area contributed by atoms with E-state index in [4.69, 9.17) is 0 Å². The molecule has 0 aliphatic rings. The molecule has 2 aromatic heterocycles. The van der Waals surface area contributed by atoms with Crippen molar-refractivity contribution in [1.29, 1.82) is 0 Å². The first-order chi connectivity index (χ1) is 10.7. The first-order valence-electron chi connectivity index (χ1n) is 6.96. The highest BCUT2D eigenvalue weighted by molar-refractivity contribution is 7.18. The van der Waals surface area contributed by atoms with Crippen molar-refractivity contribution in [3.63, 3.8) is 0 Å². The third-order valence-corrected chi connectivity index (χ3v) is 4.58. The van der Waals surface area contributed by atoms with Crippen LogP contribution in [-0.4, -0.2) is 21.0 Å². The summed E-state index contributed by atoms with van der Waals surface area (Å²) in [5, 5.41) is 13.4. The fourth-order valence-corrected chi connectivity index (χ4v) is 3.20. The minimum Gasteiger partial charge on any atom is -0.479 e. The van der Waals surface area contributed by atoms with Crippen molar-refractivity contribution in [2.24, 2.45) is 0 Å². The predicted molar refractivity (Wildman–Crippen MR) is 87.2 cm³/mol. The molecular formula is C16H15N3O2S. The molecule has 22 heavy (non-hydrogen) atoms. The monoisotopic (exact) mass is 313 g/mol. The van der Waals surface area contributed by atoms with Gasteiger partial charge in [-0.1, -0.05) is 37.3 Å². The maximum atomic E-state index is 11.6. The summed E-state index contributed by atoms with van der Waals surface area (Å²) in [4.78, 5) is 22.1. The Bertz CT molecular complexity index is 802. The molecular weight excluding hydrogens is 298 g/mol. The number of benzene rings is 1. The van der Waals surface area contributed by atoms with Gasteiger partial charge in [-0.15, -0.1) is 11.3 Å². The zero-order chi connectivity index (χ0) is 15.5. The van der Waals surface area contributed by atoms with Crippen molar-refractivity contribution in [3.05, 3.63) is 53.2 Å². The summed E-state index contributed by atoms with van der Waals surface area (Å²) in [5.74, 6) is -0.388. The van der Waals surface area contributed by atoms with Gasteiger partial charge in [-0.2, -0.15) is 0 Å². The number of carboxylic acid groups (broad SMARTS) is 1. The van der Waals surface area contributed by atoms with Crippen molar-refractivity contribution in [2.75, 3.05) is 5.32 Å². The van der Waals surface area contributed by atoms with Crippen LogP contribution in [0.5, 0.6) is 0 Å². The third-order valence-electron chi connectivity index (χ3n) is 3.39. The summed E-state index contributed by atoms with van der Waals surface area (Å²) >= 11 is 1.60. The minimum absolute atomic E-state index is 0.553. The van der Waals surface area contributed by atoms with E-state index in [0.29, 0.717) is 11.4 Å². The number of thiophene rings is 1. The molecule has 0 fully saturated rings. The van der Waals surface area contributed by atoms with Crippen LogP contribution in [0, 0.1) is 0 Å². The van der Waals surface area contributed by atoms with E-state index in [-0.39, 0.29) is 0 Å². The second-order valence-corrected chi connectivity index (χ2v) is 5.95. The Morgan fingerprint density at radius 1 is 1.32 bits per heavy atom. The van der Waals surface area contributed by atoms with Gasteiger partial charge in [0, 0.05) is 4.88 Å². The van der Waals surface area contributed by atoms with E-state index < -0.39 is 12.0 Å². The molecule has 6 heteroatoms. The zero-order valence-corrected chi connectivity index (χ0v) is 12.8. The Labute approximate surface area is 131 Å². The molecule has 0 bridgehead atoms. The van der Waals surface area contributed by atoms with Crippen LogP contribution < -0.4 is 5.32 Å². The molecule has 0 radical (unpaired) electrons. The lowest BCUT2D eigenvalue weighted by molar-refractivity contribution is -0.138. The van der Waals surface area contributed by atoms with Gasteiger partial charge in [0.1, 0.15) is 17.0 Å². The summed E-state index contributed by atoms with van der Waals surface area (Å²) < 4.78 is 0. The fourth-order valence-electron chi connectivity index (χ4n) is 2.26. The van der Waals surface area contributed by atoms with Crippen LogP contribution in [0.4, 0.5) is 5.82 Å². The molecule has 1 unspecified atom stereocenters. The Balaban J connectivity index is 2.00. The molecule has 2 heterocycles. The largest absolute Gasteiger partial charge is 0.479 e. The highest BCUT2D eigenvalue weighted by atomic mass is 32.1. The number of nitrogens with one attached hydrogen (secondary N) is 1. The highest BCUT2D eigenvalue weighted by Crippen LogP contribution is 2.30. The number of anilines is 1. The highest BCUT2D eigenvalue weighted by Gasteiger charge is 2.21. The molecule has 0 amide bonds. The molecule has 0 aliphatic heterocycles.